The summed E-state index contributed by atoms with van der Waals surface area (Å²) in [5.74, 6) is -6.57. The van der Waals surface area contributed by atoms with Gasteiger partial charge in [-0.15, -0.1) is 0 Å². The predicted octanol–water partition coefficient (Wildman–Crippen LogP) is 1.90. The number of alkyl halides is 2. The van der Waals surface area contributed by atoms with Crippen molar-refractivity contribution in [1.29, 1.82) is 5.26 Å². The zero-order valence-corrected chi connectivity index (χ0v) is 9.99. The quantitative estimate of drug-likeness (QED) is 0.849. The monoisotopic (exact) mass is 272 g/mol. The van der Waals surface area contributed by atoms with Gasteiger partial charge in [0.25, 0.3) is 0 Å². The highest BCUT2D eigenvalue weighted by molar-refractivity contribution is 5.78. The molecule has 0 amide bonds. The molecular weight excluding hydrogens is 261 g/mol. The van der Waals surface area contributed by atoms with Gasteiger partial charge >= 0.3 is 11.9 Å². The summed E-state index contributed by atoms with van der Waals surface area (Å²) in [6.07, 6.45) is 0. The van der Waals surface area contributed by atoms with Gasteiger partial charge in [-0.25, -0.2) is 9.18 Å². The molecule has 2 N–H and O–H groups in total. The van der Waals surface area contributed by atoms with Crippen LogP contribution in [0.2, 0.25) is 0 Å². The van der Waals surface area contributed by atoms with Crippen LogP contribution in [0.15, 0.2) is 18.2 Å². The van der Waals surface area contributed by atoms with E-state index < -0.39 is 29.3 Å². The molecule has 0 aliphatic rings. The average molecular weight is 272 g/mol. The number of esters is 1. The number of nitrogens with zero attached hydrogens (tertiary/aromatic N) is 1. The lowest BCUT2D eigenvalue weighted by atomic mass is 9.99. The zero-order valence-electron chi connectivity index (χ0n) is 9.99. The number of rotatable bonds is 4. The molecule has 0 heterocycles. The maximum atomic E-state index is 13.6. The lowest BCUT2D eigenvalue weighted by molar-refractivity contribution is -0.174. The molecular formula is C12H11F3N2O2. The first-order valence-corrected chi connectivity index (χ1v) is 5.34. The summed E-state index contributed by atoms with van der Waals surface area (Å²) in [5, 5.41) is 8.61. The second kappa shape index (κ2) is 5.71. The predicted molar refractivity (Wildman–Crippen MR) is 59.6 cm³/mol. The summed E-state index contributed by atoms with van der Waals surface area (Å²) in [6, 6.07) is 2.21. The number of benzene rings is 1. The van der Waals surface area contributed by atoms with Crippen LogP contribution in [0.25, 0.3) is 0 Å². The molecule has 0 unspecified atom stereocenters. The minimum atomic E-state index is -3.96. The van der Waals surface area contributed by atoms with Crippen molar-refractivity contribution >= 4 is 5.97 Å². The lowest BCUT2D eigenvalue weighted by Crippen LogP contribution is -2.41. The van der Waals surface area contributed by atoms with Gasteiger partial charge in [-0.3, -0.25) is 0 Å². The van der Waals surface area contributed by atoms with Gasteiger partial charge in [0.05, 0.1) is 12.2 Å². The van der Waals surface area contributed by atoms with Gasteiger partial charge < -0.3 is 10.5 Å². The first kappa shape index (κ1) is 15.0. The lowest BCUT2D eigenvalue weighted by Gasteiger charge is -2.22. The molecule has 1 aromatic carbocycles. The van der Waals surface area contributed by atoms with Gasteiger partial charge in [0.15, 0.2) is 0 Å². The SMILES string of the molecule is CCOC(=O)C(F)(F)[C@@H](N)c1ccc(F)c(C#N)c1. The Balaban J connectivity index is 3.09. The Kier molecular flexibility index (Phi) is 4.51. The molecule has 19 heavy (non-hydrogen) atoms. The van der Waals surface area contributed by atoms with E-state index in [1.807, 2.05) is 0 Å². The number of carbonyl (C=O) groups is 1. The number of nitriles is 1. The molecule has 0 aromatic heterocycles. The molecule has 102 valence electrons. The van der Waals surface area contributed by atoms with E-state index in [0.717, 1.165) is 18.2 Å². The fourth-order valence-corrected chi connectivity index (χ4v) is 1.39. The molecule has 1 atom stereocenters. The maximum absolute atomic E-state index is 13.6. The molecule has 0 spiro atoms. The second-order valence-electron chi connectivity index (χ2n) is 3.67. The Morgan fingerprint density at radius 2 is 2.21 bits per heavy atom. The summed E-state index contributed by atoms with van der Waals surface area (Å²) in [4.78, 5) is 11.1. The average Bonchev–Trinajstić information content (AvgIpc) is 2.38. The topological polar surface area (TPSA) is 76.1 Å². The van der Waals surface area contributed by atoms with E-state index >= 15 is 0 Å². The van der Waals surface area contributed by atoms with Gasteiger partial charge in [-0.05, 0) is 24.6 Å². The van der Waals surface area contributed by atoms with Crippen LogP contribution in [-0.4, -0.2) is 18.5 Å². The number of hydrogen-bond acceptors (Lipinski definition) is 4. The van der Waals surface area contributed by atoms with E-state index in [0.29, 0.717) is 0 Å². The number of ether oxygens (including phenoxy) is 1. The number of halogens is 3. The highest BCUT2D eigenvalue weighted by Gasteiger charge is 2.47. The smallest absolute Gasteiger partial charge is 0.379 e. The third-order valence-electron chi connectivity index (χ3n) is 2.41. The van der Waals surface area contributed by atoms with Crippen LogP contribution in [0.4, 0.5) is 13.2 Å². The summed E-state index contributed by atoms with van der Waals surface area (Å²) in [5.41, 5.74) is 4.65. The Hall–Kier alpha value is -2.07. The molecule has 0 saturated heterocycles. The van der Waals surface area contributed by atoms with Crippen LogP contribution >= 0.6 is 0 Å². The van der Waals surface area contributed by atoms with Crippen molar-refractivity contribution in [2.45, 2.75) is 18.9 Å². The third-order valence-corrected chi connectivity index (χ3v) is 2.41. The van der Waals surface area contributed by atoms with Gasteiger partial charge in [0.1, 0.15) is 17.9 Å². The summed E-state index contributed by atoms with van der Waals surface area (Å²) in [6.45, 7) is 1.17. The Bertz CT molecular complexity index is 526. The fourth-order valence-electron chi connectivity index (χ4n) is 1.39. The third kappa shape index (κ3) is 3.03. The largest absolute Gasteiger partial charge is 0.462 e. The van der Waals surface area contributed by atoms with E-state index in [1.165, 1.54) is 13.0 Å². The minimum Gasteiger partial charge on any atom is -0.462 e. The Morgan fingerprint density at radius 1 is 1.58 bits per heavy atom. The summed E-state index contributed by atoms with van der Waals surface area (Å²) < 4.78 is 44.6. The standard InChI is InChI=1S/C12H11F3N2O2/c1-2-19-11(18)12(14,15)10(17)7-3-4-9(13)8(5-7)6-16/h3-5,10H,2,17H2,1H3/t10-/m0/s1. The van der Waals surface area contributed by atoms with Crippen molar-refractivity contribution in [1.82, 2.24) is 0 Å². The van der Waals surface area contributed by atoms with Crippen LogP contribution in [0, 0.1) is 17.1 Å². The molecule has 1 aromatic rings. The molecule has 0 bridgehead atoms. The van der Waals surface area contributed by atoms with Gasteiger partial charge in [-0.1, -0.05) is 6.07 Å². The first-order chi connectivity index (χ1) is 8.84. The Morgan fingerprint density at radius 3 is 2.74 bits per heavy atom. The minimum absolute atomic E-state index is 0.214. The van der Waals surface area contributed by atoms with Crippen molar-refractivity contribution in [2.75, 3.05) is 6.61 Å². The van der Waals surface area contributed by atoms with E-state index in [-0.39, 0.29) is 12.2 Å². The molecule has 0 radical (unpaired) electrons. The normalized spacial score (nSPS) is 12.6. The van der Waals surface area contributed by atoms with Crippen molar-refractivity contribution in [3.8, 4) is 6.07 Å². The van der Waals surface area contributed by atoms with Crippen molar-refractivity contribution in [3.63, 3.8) is 0 Å². The molecule has 7 heteroatoms. The van der Waals surface area contributed by atoms with Gasteiger partial charge in [-0.2, -0.15) is 14.0 Å². The molecule has 4 nitrogen and oxygen atoms in total. The van der Waals surface area contributed by atoms with Crippen molar-refractivity contribution in [2.24, 2.45) is 5.73 Å². The van der Waals surface area contributed by atoms with Gasteiger partial charge in [0, 0.05) is 0 Å². The molecule has 1 rings (SSSR count). The highest BCUT2D eigenvalue weighted by Crippen LogP contribution is 2.31. The van der Waals surface area contributed by atoms with E-state index in [9.17, 15) is 18.0 Å². The van der Waals surface area contributed by atoms with Crippen LogP contribution in [0.5, 0.6) is 0 Å². The molecule has 0 aliphatic carbocycles. The van der Waals surface area contributed by atoms with Gasteiger partial charge in [0.2, 0.25) is 0 Å². The van der Waals surface area contributed by atoms with Crippen LogP contribution in [0.3, 0.4) is 0 Å². The van der Waals surface area contributed by atoms with Crippen LogP contribution in [-0.2, 0) is 9.53 Å². The van der Waals surface area contributed by atoms with E-state index in [1.54, 1.807) is 0 Å². The maximum Gasteiger partial charge on any atom is 0.379 e. The molecule has 0 saturated carbocycles. The highest BCUT2D eigenvalue weighted by atomic mass is 19.3. The van der Waals surface area contributed by atoms with Crippen molar-refractivity contribution in [3.05, 3.63) is 35.1 Å². The number of nitrogens with two attached hydrogens (primary N) is 1. The second-order valence-corrected chi connectivity index (χ2v) is 3.67. The van der Waals surface area contributed by atoms with Crippen LogP contribution < -0.4 is 5.73 Å². The zero-order chi connectivity index (χ0) is 14.6. The van der Waals surface area contributed by atoms with E-state index in [4.69, 9.17) is 11.0 Å². The summed E-state index contributed by atoms with van der Waals surface area (Å²) in [7, 11) is 0. The summed E-state index contributed by atoms with van der Waals surface area (Å²) >= 11 is 0. The number of carbonyl (C=O) groups excluding carboxylic acids is 1. The molecule has 0 aliphatic heterocycles. The van der Waals surface area contributed by atoms with Crippen molar-refractivity contribution < 1.29 is 22.7 Å². The van der Waals surface area contributed by atoms with E-state index in [2.05, 4.69) is 4.74 Å². The first-order valence-electron chi connectivity index (χ1n) is 5.34. The Labute approximate surface area is 107 Å². The number of hydrogen-bond donors (Lipinski definition) is 1. The molecule has 0 fully saturated rings. The van der Waals surface area contributed by atoms with Crippen LogP contribution in [0.1, 0.15) is 24.1 Å². The fraction of sp³-hybridized carbons (Fsp3) is 0.333.